The molecule has 0 aliphatic heterocycles. The molecule has 0 bridgehead atoms. The van der Waals surface area contributed by atoms with E-state index in [4.69, 9.17) is 19.6 Å². The molecule has 0 fully saturated rings. The highest BCUT2D eigenvalue weighted by Crippen LogP contribution is 2.38. The van der Waals surface area contributed by atoms with Crippen molar-refractivity contribution in [3.63, 3.8) is 0 Å². The molecule has 0 aliphatic rings. The smallest absolute Gasteiger partial charge is 0.369 e. The van der Waals surface area contributed by atoms with Crippen LogP contribution in [-0.2, 0) is 32.7 Å². The van der Waals surface area contributed by atoms with E-state index in [1.54, 1.807) is 0 Å². The van der Waals surface area contributed by atoms with E-state index in [0.29, 0.717) is 0 Å². The van der Waals surface area contributed by atoms with Crippen LogP contribution in [-0.4, -0.2) is 45.4 Å². The van der Waals surface area contributed by atoms with Crippen LogP contribution in [0.4, 0.5) is 0 Å². The van der Waals surface area contributed by atoms with Crippen molar-refractivity contribution in [3.8, 4) is 0 Å². The highest BCUT2D eigenvalue weighted by atomic mass is 31.2. The van der Waals surface area contributed by atoms with Gasteiger partial charge >= 0.3 is 21.6 Å². The summed E-state index contributed by atoms with van der Waals surface area (Å²) in [7, 11) is -9.02. The van der Waals surface area contributed by atoms with Crippen LogP contribution in [0, 0.1) is 0 Å². The standard InChI is InChI=1S/C4H10O11P2/c1-12-14-3(2-13-16(6,7)8)4(5)15-17(9,10)11/h3H,2H2,1H3,(H2,6,7,8)(H2,9,10,11). The fraction of sp³-hybridized carbons (Fsp3) is 0.750. The van der Waals surface area contributed by atoms with Gasteiger partial charge in [0.05, 0.1) is 13.7 Å². The lowest BCUT2D eigenvalue weighted by molar-refractivity contribution is -0.304. The SMILES string of the molecule is COOC(COP(=O)(O)O)C(=O)OP(=O)(O)O. The van der Waals surface area contributed by atoms with E-state index >= 15 is 0 Å². The maximum Gasteiger partial charge on any atom is 0.527 e. The third-order valence-electron chi connectivity index (χ3n) is 1.08. The number of phosphoric ester groups is 2. The summed E-state index contributed by atoms with van der Waals surface area (Å²) < 4.78 is 28.1. The Labute approximate surface area is 94.7 Å². The molecule has 1 unspecified atom stereocenters. The van der Waals surface area contributed by atoms with Crippen molar-refractivity contribution in [1.82, 2.24) is 0 Å². The molecule has 0 rings (SSSR count). The van der Waals surface area contributed by atoms with Crippen molar-refractivity contribution in [3.05, 3.63) is 0 Å². The molecule has 0 spiro atoms. The first-order chi connectivity index (χ1) is 7.55. The molecule has 0 aromatic carbocycles. The topological polar surface area (TPSA) is 169 Å². The average molecular weight is 296 g/mol. The molecule has 17 heavy (non-hydrogen) atoms. The molecule has 102 valence electrons. The number of phosphoric acid groups is 2. The van der Waals surface area contributed by atoms with Gasteiger partial charge in [0.15, 0.2) is 0 Å². The van der Waals surface area contributed by atoms with Crippen LogP contribution in [0.3, 0.4) is 0 Å². The fourth-order valence-corrected chi connectivity index (χ4v) is 1.27. The van der Waals surface area contributed by atoms with Crippen LogP contribution in [0.15, 0.2) is 0 Å². The number of rotatable bonds is 7. The minimum absolute atomic E-state index is 0.954. The monoisotopic (exact) mass is 296 g/mol. The maximum absolute atomic E-state index is 11.0. The summed E-state index contributed by atoms with van der Waals surface area (Å²) in [6.45, 7) is -1.02. The quantitative estimate of drug-likeness (QED) is 0.249. The van der Waals surface area contributed by atoms with Crippen LogP contribution in [0.25, 0.3) is 0 Å². The van der Waals surface area contributed by atoms with E-state index in [0.717, 1.165) is 7.11 Å². The summed E-state index contributed by atoms with van der Waals surface area (Å²) >= 11 is 0. The normalized spacial score (nSPS) is 14.4. The Bertz CT molecular complexity index is 339. The highest BCUT2D eigenvalue weighted by Gasteiger charge is 2.31. The predicted molar refractivity (Wildman–Crippen MR) is 48.0 cm³/mol. The Kier molecular flexibility index (Phi) is 6.41. The van der Waals surface area contributed by atoms with Crippen molar-refractivity contribution in [1.29, 1.82) is 0 Å². The van der Waals surface area contributed by atoms with Crippen molar-refractivity contribution in [2.24, 2.45) is 0 Å². The van der Waals surface area contributed by atoms with E-state index in [9.17, 15) is 13.9 Å². The Morgan fingerprint density at radius 1 is 1.18 bits per heavy atom. The summed E-state index contributed by atoms with van der Waals surface area (Å²) in [5.74, 6) is -1.60. The van der Waals surface area contributed by atoms with Crippen LogP contribution in [0.5, 0.6) is 0 Å². The molecule has 11 nitrogen and oxygen atoms in total. The van der Waals surface area contributed by atoms with Crippen LogP contribution in [0.2, 0.25) is 0 Å². The summed E-state index contributed by atoms with van der Waals surface area (Å²) in [6.07, 6.45) is -1.86. The first kappa shape index (κ1) is 16.6. The maximum atomic E-state index is 11.0. The van der Waals surface area contributed by atoms with Gasteiger partial charge in [0.25, 0.3) is 0 Å². The van der Waals surface area contributed by atoms with Crippen LogP contribution in [0.1, 0.15) is 0 Å². The first-order valence-corrected chi connectivity index (χ1v) is 6.80. The lowest BCUT2D eigenvalue weighted by atomic mass is 10.4. The van der Waals surface area contributed by atoms with Gasteiger partial charge in [0.1, 0.15) is 0 Å². The van der Waals surface area contributed by atoms with Crippen LogP contribution >= 0.6 is 15.6 Å². The summed E-state index contributed by atoms with van der Waals surface area (Å²) in [6, 6.07) is 0. The zero-order valence-electron chi connectivity index (χ0n) is 8.33. The van der Waals surface area contributed by atoms with Gasteiger partial charge in [-0.1, -0.05) is 0 Å². The van der Waals surface area contributed by atoms with Gasteiger partial charge in [-0.05, 0) is 0 Å². The van der Waals surface area contributed by atoms with Gasteiger partial charge < -0.3 is 14.3 Å². The molecule has 0 amide bonds. The number of hydrogen-bond donors (Lipinski definition) is 4. The van der Waals surface area contributed by atoms with E-state index in [1.165, 1.54) is 0 Å². The number of carbonyl (C=O) groups is 1. The molecule has 0 heterocycles. The summed E-state index contributed by atoms with van der Waals surface area (Å²) in [4.78, 5) is 52.5. The van der Waals surface area contributed by atoms with Crippen LogP contribution < -0.4 is 0 Å². The van der Waals surface area contributed by atoms with Gasteiger partial charge in [-0.25, -0.2) is 23.7 Å². The summed E-state index contributed by atoms with van der Waals surface area (Å²) in [5, 5.41) is 0. The third-order valence-corrected chi connectivity index (χ3v) is 1.98. The minimum Gasteiger partial charge on any atom is -0.369 e. The molecule has 0 saturated heterocycles. The van der Waals surface area contributed by atoms with Gasteiger partial charge in [0, 0.05) is 0 Å². The third kappa shape index (κ3) is 9.36. The van der Waals surface area contributed by atoms with Crippen molar-refractivity contribution in [2.75, 3.05) is 13.7 Å². The van der Waals surface area contributed by atoms with Gasteiger partial charge in [0.2, 0.25) is 6.10 Å². The molecule has 0 aromatic heterocycles. The van der Waals surface area contributed by atoms with Crippen molar-refractivity contribution < 1.29 is 52.3 Å². The molecule has 0 radical (unpaired) electrons. The second-order valence-corrected chi connectivity index (χ2v) is 4.84. The Morgan fingerprint density at radius 3 is 2.06 bits per heavy atom. The van der Waals surface area contributed by atoms with E-state index in [-0.39, 0.29) is 0 Å². The van der Waals surface area contributed by atoms with Gasteiger partial charge in [-0.2, -0.15) is 0 Å². The Morgan fingerprint density at radius 2 is 1.71 bits per heavy atom. The zero-order chi connectivity index (χ0) is 13.7. The molecule has 0 aliphatic carbocycles. The second-order valence-electron chi connectivity index (χ2n) is 2.44. The molecular weight excluding hydrogens is 286 g/mol. The summed E-state index contributed by atoms with van der Waals surface area (Å²) in [5.41, 5.74) is 0. The van der Waals surface area contributed by atoms with Gasteiger partial charge in [-0.15, -0.1) is 0 Å². The van der Waals surface area contributed by atoms with Crippen molar-refractivity contribution >= 4 is 21.6 Å². The van der Waals surface area contributed by atoms with E-state index in [1.807, 2.05) is 0 Å². The molecule has 4 N–H and O–H groups in total. The first-order valence-electron chi connectivity index (χ1n) is 3.73. The predicted octanol–water partition coefficient (Wildman–Crippen LogP) is -1.32. The van der Waals surface area contributed by atoms with E-state index < -0.39 is 34.3 Å². The number of hydrogen-bond acceptors (Lipinski definition) is 7. The Balaban J connectivity index is 4.47. The molecule has 0 aromatic rings. The van der Waals surface area contributed by atoms with Crippen molar-refractivity contribution in [2.45, 2.75) is 6.10 Å². The average Bonchev–Trinajstić information content (AvgIpc) is 2.07. The number of carbonyl (C=O) groups excluding carboxylic acids is 1. The highest BCUT2D eigenvalue weighted by molar-refractivity contribution is 7.47. The molecule has 0 saturated carbocycles. The largest absolute Gasteiger partial charge is 0.527 e. The lowest BCUT2D eigenvalue weighted by Gasteiger charge is -2.14. The fourth-order valence-electron chi connectivity index (χ4n) is 0.592. The lowest BCUT2D eigenvalue weighted by Crippen LogP contribution is -2.30. The second kappa shape index (κ2) is 6.55. The Hall–Kier alpha value is -0.350. The van der Waals surface area contributed by atoms with E-state index in [2.05, 4.69) is 18.8 Å². The van der Waals surface area contributed by atoms with Gasteiger partial charge in [-0.3, -0.25) is 14.3 Å². The molecular formula is C4H10O11P2. The zero-order valence-corrected chi connectivity index (χ0v) is 10.1. The molecule has 1 atom stereocenters. The minimum atomic E-state index is -5.10. The molecule has 13 heteroatoms.